The van der Waals surface area contributed by atoms with Crippen LogP contribution >= 0.6 is 11.3 Å². The zero-order chi connectivity index (χ0) is 19.6. The molecule has 0 bridgehead atoms. The molecule has 150 valence electrons. The Bertz CT molecular complexity index is 993. The number of rotatable bonds is 3. The number of nitrogens with zero attached hydrogens (tertiary/aromatic N) is 4. The summed E-state index contributed by atoms with van der Waals surface area (Å²) in [5.74, 6) is 2.15. The minimum Gasteiger partial charge on any atom is -0.378 e. The van der Waals surface area contributed by atoms with E-state index < -0.39 is 0 Å². The lowest BCUT2D eigenvalue weighted by Crippen LogP contribution is -2.47. The standard InChI is InChI=1S/C22H24N4O2S/c27-22(26-10-12-28-13-11-26)16-5-8-25(9-6-16)21-18-3-1-2-4-19(18)23-20(24-21)17-7-14-29-15-17/h1-4,7,14-16H,5-6,8-13H2. The normalized spacial score (nSPS) is 18.3. The smallest absolute Gasteiger partial charge is 0.225 e. The molecule has 2 aliphatic rings. The predicted octanol–water partition coefficient (Wildman–Crippen LogP) is 3.43. The van der Waals surface area contributed by atoms with Gasteiger partial charge in [0, 0.05) is 48.4 Å². The number of anilines is 1. The maximum absolute atomic E-state index is 12.8. The Labute approximate surface area is 174 Å². The zero-order valence-electron chi connectivity index (χ0n) is 16.3. The first-order valence-electron chi connectivity index (χ1n) is 10.2. The quantitative estimate of drug-likeness (QED) is 0.665. The van der Waals surface area contributed by atoms with Crippen molar-refractivity contribution in [3.63, 3.8) is 0 Å². The van der Waals surface area contributed by atoms with Gasteiger partial charge in [0.15, 0.2) is 5.82 Å². The van der Waals surface area contributed by atoms with E-state index in [4.69, 9.17) is 14.7 Å². The number of hydrogen-bond donors (Lipinski definition) is 0. The Morgan fingerprint density at radius 3 is 2.59 bits per heavy atom. The first-order chi connectivity index (χ1) is 14.3. The van der Waals surface area contributed by atoms with Crippen molar-refractivity contribution >= 4 is 34.0 Å². The Morgan fingerprint density at radius 2 is 1.83 bits per heavy atom. The summed E-state index contributed by atoms with van der Waals surface area (Å²) in [5.41, 5.74) is 2.02. The third kappa shape index (κ3) is 3.72. The Morgan fingerprint density at radius 1 is 1.03 bits per heavy atom. The maximum atomic E-state index is 12.8. The van der Waals surface area contributed by atoms with E-state index in [1.165, 1.54) is 0 Å². The molecular weight excluding hydrogens is 384 g/mol. The number of benzene rings is 1. The highest BCUT2D eigenvalue weighted by Crippen LogP contribution is 2.31. The zero-order valence-corrected chi connectivity index (χ0v) is 17.1. The number of carbonyl (C=O) groups is 1. The lowest BCUT2D eigenvalue weighted by Gasteiger charge is -2.36. The van der Waals surface area contributed by atoms with Crippen molar-refractivity contribution in [2.75, 3.05) is 44.3 Å². The van der Waals surface area contributed by atoms with Gasteiger partial charge < -0.3 is 14.5 Å². The molecule has 2 aromatic heterocycles. The average molecular weight is 409 g/mol. The summed E-state index contributed by atoms with van der Waals surface area (Å²) in [6, 6.07) is 10.3. The Kier molecular flexibility index (Phi) is 5.16. The molecule has 1 amide bonds. The molecular formula is C22H24N4O2S. The lowest BCUT2D eigenvalue weighted by atomic mass is 9.95. The first-order valence-corrected chi connectivity index (χ1v) is 11.1. The molecule has 29 heavy (non-hydrogen) atoms. The molecule has 0 unspecified atom stereocenters. The van der Waals surface area contributed by atoms with Crippen LogP contribution in [-0.4, -0.2) is 60.2 Å². The molecule has 4 heterocycles. The number of ether oxygens (including phenoxy) is 1. The van der Waals surface area contributed by atoms with Gasteiger partial charge in [-0.25, -0.2) is 9.97 Å². The number of carbonyl (C=O) groups excluding carboxylic acids is 1. The molecule has 0 spiro atoms. The van der Waals surface area contributed by atoms with Crippen LogP contribution in [0.1, 0.15) is 12.8 Å². The van der Waals surface area contributed by atoms with Crippen LogP contribution in [0, 0.1) is 5.92 Å². The highest BCUT2D eigenvalue weighted by Gasteiger charge is 2.30. The molecule has 2 aliphatic heterocycles. The Hall–Kier alpha value is -2.51. The molecule has 0 N–H and O–H groups in total. The second-order valence-corrected chi connectivity index (χ2v) is 8.38. The van der Waals surface area contributed by atoms with Crippen LogP contribution in [0.5, 0.6) is 0 Å². The van der Waals surface area contributed by atoms with Crippen LogP contribution in [0.15, 0.2) is 41.1 Å². The first kappa shape index (κ1) is 18.5. The summed E-state index contributed by atoms with van der Waals surface area (Å²) >= 11 is 1.65. The monoisotopic (exact) mass is 408 g/mol. The van der Waals surface area contributed by atoms with Gasteiger partial charge in [0.2, 0.25) is 5.91 Å². The predicted molar refractivity (Wildman–Crippen MR) is 115 cm³/mol. The van der Waals surface area contributed by atoms with Gasteiger partial charge >= 0.3 is 0 Å². The molecule has 5 rings (SSSR count). The molecule has 1 aromatic carbocycles. The van der Waals surface area contributed by atoms with Crippen LogP contribution in [-0.2, 0) is 9.53 Å². The van der Waals surface area contributed by atoms with Gasteiger partial charge in [-0.05, 0) is 36.4 Å². The lowest BCUT2D eigenvalue weighted by molar-refractivity contribution is -0.140. The van der Waals surface area contributed by atoms with Crippen molar-refractivity contribution in [1.82, 2.24) is 14.9 Å². The highest BCUT2D eigenvalue weighted by atomic mass is 32.1. The molecule has 7 heteroatoms. The van der Waals surface area contributed by atoms with Crippen molar-refractivity contribution in [3.05, 3.63) is 41.1 Å². The summed E-state index contributed by atoms with van der Waals surface area (Å²) < 4.78 is 5.38. The number of piperidine rings is 1. The average Bonchev–Trinajstić information content (AvgIpc) is 3.34. The number of fused-ring (bicyclic) bond motifs is 1. The number of thiophene rings is 1. The summed E-state index contributed by atoms with van der Waals surface area (Å²) in [5, 5.41) is 5.21. The van der Waals surface area contributed by atoms with Crippen molar-refractivity contribution in [3.8, 4) is 11.4 Å². The van der Waals surface area contributed by atoms with Crippen molar-refractivity contribution < 1.29 is 9.53 Å². The third-order valence-electron chi connectivity index (χ3n) is 5.83. The summed E-state index contributed by atoms with van der Waals surface area (Å²) in [6.45, 7) is 4.43. The fourth-order valence-electron chi connectivity index (χ4n) is 4.20. The van der Waals surface area contributed by atoms with Gasteiger partial charge in [0.05, 0.1) is 18.7 Å². The van der Waals surface area contributed by atoms with Crippen LogP contribution in [0.3, 0.4) is 0 Å². The van der Waals surface area contributed by atoms with Crippen LogP contribution < -0.4 is 4.90 Å². The molecule has 0 aliphatic carbocycles. The van der Waals surface area contributed by atoms with Gasteiger partial charge in [-0.15, -0.1) is 0 Å². The van der Waals surface area contributed by atoms with E-state index >= 15 is 0 Å². The van der Waals surface area contributed by atoms with Gasteiger partial charge in [0.1, 0.15) is 5.82 Å². The van der Waals surface area contributed by atoms with E-state index in [1.807, 2.05) is 23.1 Å². The number of amides is 1. The van der Waals surface area contributed by atoms with E-state index in [0.29, 0.717) is 19.1 Å². The molecule has 0 atom stereocenters. The summed E-state index contributed by atoms with van der Waals surface area (Å²) in [4.78, 5) is 26.8. The van der Waals surface area contributed by atoms with Crippen molar-refractivity contribution in [1.29, 1.82) is 0 Å². The van der Waals surface area contributed by atoms with Gasteiger partial charge in [-0.1, -0.05) is 12.1 Å². The van der Waals surface area contributed by atoms with E-state index in [-0.39, 0.29) is 5.92 Å². The maximum Gasteiger partial charge on any atom is 0.225 e. The number of para-hydroxylation sites is 1. The van der Waals surface area contributed by atoms with Crippen LogP contribution in [0.25, 0.3) is 22.3 Å². The fourth-order valence-corrected chi connectivity index (χ4v) is 4.84. The van der Waals surface area contributed by atoms with E-state index in [2.05, 4.69) is 27.8 Å². The van der Waals surface area contributed by atoms with E-state index in [0.717, 1.165) is 67.1 Å². The van der Waals surface area contributed by atoms with Gasteiger partial charge in [0.25, 0.3) is 0 Å². The van der Waals surface area contributed by atoms with Crippen molar-refractivity contribution in [2.45, 2.75) is 12.8 Å². The van der Waals surface area contributed by atoms with E-state index in [9.17, 15) is 4.79 Å². The molecule has 2 fully saturated rings. The topological polar surface area (TPSA) is 58.6 Å². The number of morpholine rings is 1. The molecule has 3 aromatic rings. The number of hydrogen-bond acceptors (Lipinski definition) is 6. The minimum absolute atomic E-state index is 0.105. The van der Waals surface area contributed by atoms with Gasteiger partial charge in [-0.2, -0.15) is 11.3 Å². The molecule has 0 radical (unpaired) electrons. The SMILES string of the molecule is O=C(C1CCN(c2nc(-c3ccsc3)nc3ccccc23)CC1)N1CCOCC1. The minimum atomic E-state index is 0.105. The summed E-state index contributed by atoms with van der Waals surface area (Å²) in [6.07, 6.45) is 1.73. The second kappa shape index (κ2) is 8.08. The van der Waals surface area contributed by atoms with Crippen molar-refractivity contribution in [2.24, 2.45) is 5.92 Å². The Balaban J connectivity index is 1.38. The largest absolute Gasteiger partial charge is 0.378 e. The molecule has 6 nitrogen and oxygen atoms in total. The van der Waals surface area contributed by atoms with Gasteiger partial charge in [-0.3, -0.25) is 4.79 Å². The highest BCUT2D eigenvalue weighted by molar-refractivity contribution is 7.08. The second-order valence-electron chi connectivity index (χ2n) is 7.60. The van der Waals surface area contributed by atoms with Crippen LogP contribution in [0.4, 0.5) is 5.82 Å². The third-order valence-corrected chi connectivity index (χ3v) is 6.51. The van der Waals surface area contributed by atoms with Crippen LogP contribution in [0.2, 0.25) is 0 Å². The molecule has 2 saturated heterocycles. The molecule has 0 saturated carbocycles. The number of aromatic nitrogens is 2. The summed E-state index contributed by atoms with van der Waals surface area (Å²) in [7, 11) is 0. The van der Waals surface area contributed by atoms with E-state index in [1.54, 1.807) is 11.3 Å². The fraction of sp³-hybridized carbons (Fsp3) is 0.409.